The molecule has 0 heterocycles. The minimum Gasteiger partial charge on any atom is -0.329 e. The molecule has 1 rings (SSSR count). The number of rotatable bonds is 5. The minimum atomic E-state index is -3.22. The molecule has 17 heavy (non-hydrogen) atoms. The second-order valence-corrected chi connectivity index (χ2v) is 8.08. The Morgan fingerprint density at radius 3 is 2.24 bits per heavy atom. The summed E-state index contributed by atoms with van der Waals surface area (Å²) < 4.78 is 26.8. The Hall–Kier alpha value is -0.130. The average Bonchev–Trinajstić information content (AvgIpc) is 2.62. The van der Waals surface area contributed by atoms with Crippen LogP contribution in [-0.2, 0) is 10.0 Å². The van der Waals surface area contributed by atoms with Gasteiger partial charge in [0.05, 0.1) is 5.75 Å². The predicted octanol–water partition coefficient (Wildman–Crippen LogP) is 1.47. The molecule has 1 fully saturated rings. The van der Waals surface area contributed by atoms with Crippen LogP contribution in [0, 0.1) is 11.3 Å². The lowest BCUT2D eigenvalue weighted by atomic mass is 9.99. The Morgan fingerprint density at radius 2 is 1.82 bits per heavy atom. The number of nitrogens with two attached hydrogens (primary N) is 1. The van der Waals surface area contributed by atoms with Gasteiger partial charge in [0, 0.05) is 12.6 Å². The van der Waals surface area contributed by atoms with Crippen molar-refractivity contribution < 1.29 is 8.42 Å². The summed E-state index contributed by atoms with van der Waals surface area (Å²) in [6, 6.07) is -0.0788. The summed E-state index contributed by atoms with van der Waals surface area (Å²) in [4.78, 5) is 0. The zero-order valence-corrected chi connectivity index (χ0v) is 12.0. The first kappa shape index (κ1) is 14.9. The van der Waals surface area contributed by atoms with Crippen molar-refractivity contribution >= 4 is 10.0 Å². The molecule has 5 heteroatoms. The highest BCUT2D eigenvalue weighted by molar-refractivity contribution is 7.89. The first-order valence-corrected chi connectivity index (χ1v) is 8.09. The summed E-state index contributed by atoms with van der Waals surface area (Å²) in [6.45, 7) is 6.19. The van der Waals surface area contributed by atoms with Crippen LogP contribution in [0.1, 0.15) is 46.5 Å². The summed E-state index contributed by atoms with van der Waals surface area (Å²) in [6.07, 6.45) is 4.59. The minimum absolute atomic E-state index is 0.0788. The molecule has 1 aliphatic carbocycles. The van der Waals surface area contributed by atoms with Crippen molar-refractivity contribution in [2.75, 3.05) is 12.3 Å². The molecule has 0 spiro atoms. The predicted molar refractivity (Wildman–Crippen MR) is 71.2 cm³/mol. The fraction of sp³-hybridized carbons (Fsp3) is 1.00. The van der Waals surface area contributed by atoms with Crippen LogP contribution in [-0.4, -0.2) is 26.8 Å². The SMILES string of the molecule is CC(C)(C)CS(=O)(=O)NC(CN)C1CCCC1. The first-order valence-electron chi connectivity index (χ1n) is 6.43. The smallest absolute Gasteiger partial charge is 0.212 e. The molecule has 0 amide bonds. The van der Waals surface area contributed by atoms with E-state index in [4.69, 9.17) is 5.73 Å². The summed E-state index contributed by atoms with van der Waals surface area (Å²) >= 11 is 0. The molecule has 0 aromatic carbocycles. The highest BCUT2D eigenvalue weighted by atomic mass is 32.2. The lowest BCUT2D eigenvalue weighted by Gasteiger charge is -2.25. The van der Waals surface area contributed by atoms with Crippen LogP contribution in [0.4, 0.5) is 0 Å². The lowest BCUT2D eigenvalue weighted by Crippen LogP contribution is -2.46. The van der Waals surface area contributed by atoms with Crippen LogP contribution in [0.25, 0.3) is 0 Å². The number of nitrogens with one attached hydrogen (secondary N) is 1. The Balaban J connectivity index is 2.60. The molecule has 102 valence electrons. The van der Waals surface area contributed by atoms with Gasteiger partial charge in [0.25, 0.3) is 0 Å². The lowest BCUT2D eigenvalue weighted by molar-refractivity contribution is 0.398. The monoisotopic (exact) mass is 262 g/mol. The van der Waals surface area contributed by atoms with E-state index in [1.54, 1.807) is 0 Å². The van der Waals surface area contributed by atoms with Crippen molar-refractivity contribution in [1.82, 2.24) is 4.72 Å². The Bertz CT molecular complexity index is 327. The van der Waals surface area contributed by atoms with E-state index in [2.05, 4.69) is 4.72 Å². The maximum Gasteiger partial charge on any atom is 0.212 e. The highest BCUT2D eigenvalue weighted by Crippen LogP contribution is 2.28. The molecule has 4 nitrogen and oxygen atoms in total. The van der Waals surface area contributed by atoms with Gasteiger partial charge < -0.3 is 5.73 Å². The molecule has 0 aromatic rings. The molecule has 1 atom stereocenters. The van der Waals surface area contributed by atoms with Gasteiger partial charge in [0.1, 0.15) is 0 Å². The maximum absolute atomic E-state index is 12.0. The van der Waals surface area contributed by atoms with Gasteiger partial charge in [0.15, 0.2) is 0 Å². The third-order valence-corrected chi connectivity index (χ3v) is 5.08. The molecule has 0 saturated heterocycles. The van der Waals surface area contributed by atoms with Crippen molar-refractivity contribution in [3.63, 3.8) is 0 Å². The van der Waals surface area contributed by atoms with Gasteiger partial charge in [-0.25, -0.2) is 13.1 Å². The van der Waals surface area contributed by atoms with E-state index in [1.807, 2.05) is 20.8 Å². The molecule has 1 saturated carbocycles. The topological polar surface area (TPSA) is 72.2 Å². The molecule has 3 N–H and O–H groups in total. The molecule has 1 aliphatic rings. The zero-order valence-electron chi connectivity index (χ0n) is 11.2. The third-order valence-electron chi connectivity index (χ3n) is 3.18. The molecular formula is C12H26N2O2S. The van der Waals surface area contributed by atoms with E-state index in [0.29, 0.717) is 12.5 Å². The van der Waals surface area contributed by atoms with Crippen molar-refractivity contribution in [3.05, 3.63) is 0 Å². The summed E-state index contributed by atoms with van der Waals surface area (Å²) in [5.41, 5.74) is 5.48. The van der Waals surface area contributed by atoms with Gasteiger partial charge in [-0.2, -0.15) is 0 Å². The van der Waals surface area contributed by atoms with Crippen LogP contribution in [0.15, 0.2) is 0 Å². The fourth-order valence-corrected chi connectivity index (χ4v) is 4.51. The molecule has 0 aromatic heterocycles. The fourth-order valence-electron chi connectivity index (χ4n) is 2.54. The van der Waals surface area contributed by atoms with E-state index in [-0.39, 0.29) is 17.2 Å². The van der Waals surface area contributed by atoms with Crippen molar-refractivity contribution in [3.8, 4) is 0 Å². The summed E-state index contributed by atoms with van der Waals surface area (Å²) in [5, 5.41) is 0. The van der Waals surface area contributed by atoms with Crippen molar-refractivity contribution in [1.29, 1.82) is 0 Å². The number of hydrogen-bond acceptors (Lipinski definition) is 3. The number of hydrogen-bond donors (Lipinski definition) is 2. The first-order chi connectivity index (χ1) is 7.73. The van der Waals surface area contributed by atoms with Crippen LogP contribution in [0.2, 0.25) is 0 Å². The highest BCUT2D eigenvalue weighted by Gasteiger charge is 2.29. The van der Waals surface area contributed by atoms with E-state index in [0.717, 1.165) is 12.8 Å². The van der Waals surface area contributed by atoms with Crippen LogP contribution in [0.3, 0.4) is 0 Å². The maximum atomic E-state index is 12.0. The third kappa shape index (κ3) is 5.36. The van der Waals surface area contributed by atoms with E-state index < -0.39 is 10.0 Å². The quantitative estimate of drug-likeness (QED) is 0.788. The summed E-state index contributed by atoms with van der Waals surface area (Å²) in [7, 11) is -3.22. The summed E-state index contributed by atoms with van der Waals surface area (Å²) in [5.74, 6) is 0.582. The van der Waals surface area contributed by atoms with Crippen molar-refractivity contribution in [2.24, 2.45) is 17.1 Å². The number of sulfonamides is 1. The van der Waals surface area contributed by atoms with Crippen molar-refractivity contribution in [2.45, 2.75) is 52.5 Å². The van der Waals surface area contributed by atoms with Gasteiger partial charge in [-0.3, -0.25) is 0 Å². The van der Waals surface area contributed by atoms with Crippen LogP contribution < -0.4 is 10.5 Å². The molecular weight excluding hydrogens is 236 g/mol. The second-order valence-electron chi connectivity index (χ2n) is 6.32. The van der Waals surface area contributed by atoms with E-state index >= 15 is 0 Å². The van der Waals surface area contributed by atoms with E-state index in [1.165, 1.54) is 12.8 Å². The largest absolute Gasteiger partial charge is 0.329 e. The zero-order chi connectivity index (χ0) is 13.1. The van der Waals surface area contributed by atoms with Crippen LogP contribution >= 0.6 is 0 Å². The molecule has 0 radical (unpaired) electrons. The Kier molecular flexibility index (Phi) is 4.98. The van der Waals surface area contributed by atoms with Gasteiger partial charge in [0.2, 0.25) is 10.0 Å². The van der Waals surface area contributed by atoms with Gasteiger partial charge in [-0.15, -0.1) is 0 Å². The second kappa shape index (κ2) is 5.67. The van der Waals surface area contributed by atoms with Crippen LogP contribution in [0.5, 0.6) is 0 Å². The Labute approximate surface area is 105 Å². The normalized spacial score (nSPS) is 20.7. The van der Waals surface area contributed by atoms with Gasteiger partial charge in [-0.1, -0.05) is 33.6 Å². The molecule has 0 aliphatic heterocycles. The van der Waals surface area contributed by atoms with E-state index in [9.17, 15) is 8.42 Å². The van der Waals surface area contributed by atoms with Gasteiger partial charge in [-0.05, 0) is 24.2 Å². The average molecular weight is 262 g/mol. The van der Waals surface area contributed by atoms with Gasteiger partial charge >= 0.3 is 0 Å². The molecule has 1 unspecified atom stereocenters. The molecule has 0 bridgehead atoms. The standard InChI is InChI=1S/C12H26N2O2S/c1-12(2,3)9-17(15,16)14-11(8-13)10-6-4-5-7-10/h10-11,14H,4-9,13H2,1-3H3. The Morgan fingerprint density at radius 1 is 1.29 bits per heavy atom.